The summed E-state index contributed by atoms with van der Waals surface area (Å²) in [5.41, 5.74) is 1.97. The van der Waals surface area contributed by atoms with Crippen molar-refractivity contribution in [2.75, 3.05) is 11.6 Å². The third-order valence-corrected chi connectivity index (χ3v) is 4.93. The molecule has 0 heterocycles. The summed E-state index contributed by atoms with van der Waals surface area (Å²) in [5, 5.41) is 13.1. The highest BCUT2D eigenvalue weighted by atomic mass is 32.2. The summed E-state index contributed by atoms with van der Waals surface area (Å²) < 4.78 is 0. The molecule has 1 N–H and O–H groups in total. The predicted octanol–water partition coefficient (Wildman–Crippen LogP) is 4.44. The molecule has 0 radical (unpaired) electrons. The lowest BCUT2D eigenvalue weighted by Gasteiger charge is -2.43. The van der Waals surface area contributed by atoms with E-state index in [1.165, 1.54) is 4.90 Å². The number of rotatable bonds is 4. The lowest BCUT2D eigenvalue weighted by Crippen LogP contribution is -2.47. The van der Waals surface area contributed by atoms with Crippen molar-refractivity contribution in [1.82, 2.24) is 0 Å². The van der Waals surface area contributed by atoms with E-state index in [0.29, 0.717) is 6.04 Å². The van der Waals surface area contributed by atoms with E-state index in [-0.39, 0.29) is 5.41 Å². The average molecular weight is 294 g/mol. The van der Waals surface area contributed by atoms with Crippen LogP contribution >= 0.6 is 11.8 Å². The van der Waals surface area contributed by atoms with E-state index in [2.05, 4.69) is 54.0 Å². The van der Waals surface area contributed by atoms with Crippen molar-refractivity contribution in [2.45, 2.75) is 29.2 Å². The Bertz CT molecular complexity index is 637. The third kappa shape index (κ3) is 2.77. The van der Waals surface area contributed by atoms with E-state index in [0.717, 1.165) is 24.1 Å². The molecule has 1 aliphatic rings. The van der Waals surface area contributed by atoms with Crippen molar-refractivity contribution >= 4 is 17.4 Å². The van der Waals surface area contributed by atoms with Gasteiger partial charge in [0.15, 0.2) is 0 Å². The van der Waals surface area contributed by atoms with Crippen molar-refractivity contribution in [1.29, 1.82) is 5.26 Å². The first-order valence-corrected chi connectivity index (χ1v) is 8.36. The van der Waals surface area contributed by atoms with Crippen molar-refractivity contribution < 1.29 is 0 Å². The molecule has 2 aromatic carbocycles. The second-order valence-electron chi connectivity index (χ2n) is 5.54. The van der Waals surface area contributed by atoms with E-state index < -0.39 is 0 Å². The van der Waals surface area contributed by atoms with Gasteiger partial charge in [-0.3, -0.25) is 0 Å². The molecule has 1 fully saturated rings. The van der Waals surface area contributed by atoms with Gasteiger partial charge in [-0.25, -0.2) is 0 Å². The summed E-state index contributed by atoms with van der Waals surface area (Å²) in [6, 6.07) is 21.5. The highest BCUT2D eigenvalue weighted by molar-refractivity contribution is 7.98. The van der Waals surface area contributed by atoms with Crippen LogP contribution in [0.25, 0.3) is 0 Å². The van der Waals surface area contributed by atoms with Crippen molar-refractivity contribution in [2.24, 2.45) is 0 Å². The third-order valence-electron chi connectivity index (χ3n) is 4.19. The Morgan fingerprint density at radius 2 is 1.76 bits per heavy atom. The van der Waals surface area contributed by atoms with Crippen molar-refractivity contribution in [3.8, 4) is 6.07 Å². The zero-order chi connectivity index (χ0) is 14.7. The molecule has 1 saturated carbocycles. The lowest BCUT2D eigenvalue weighted by molar-refractivity contribution is 0.289. The summed E-state index contributed by atoms with van der Waals surface area (Å²) in [7, 11) is 0. The van der Waals surface area contributed by atoms with Gasteiger partial charge in [-0.15, -0.1) is 11.8 Å². The van der Waals surface area contributed by atoms with Crippen LogP contribution in [0, 0.1) is 11.3 Å². The fourth-order valence-corrected chi connectivity index (χ4v) is 3.36. The van der Waals surface area contributed by atoms with Crippen LogP contribution in [-0.4, -0.2) is 12.3 Å². The van der Waals surface area contributed by atoms with Crippen molar-refractivity contribution in [3.05, 3.63) is 60.2 Å². The SMILES string of the molecule is CSc1ccc(NC2CC(C#N)(c3ccccc3)C2)cc1. The van der Waals surface area contributed by atoms with Gasteiger partial charge < -0.3 is 5.32 Å². The zero-order valence-electron chi connectivity index (χ0n) is 12.0. The minimum atomic E-state index is -0.307. The molecular weight excluding hydrogens is 276 g/mol. The number of hydrogen-bond acceptors (Lipinski definition) is 3. The molecule has 106 valence electrons. The largest absolute Gasteiger partial charge is 0.382 e. The fraction of sp³-hybridized carbons (Fsp3) is 0.278. The maximum Gasteiger partial charge on any atom is 0.0861 e. The van der Waals surface area contributed by atoms with Gasteiger partial charge in [-0.2, -0.15) is 5.26 Å². The standard InChI is InChI=1S/C18H18N2S/c1-21-17-9-7-15(8-10-17)20-16-11-18(12-16,13-19)14-5-3-2-4-6-14/h2-10,16,20H,11-12H2,1H3. The smallest absolute Gasteiger partial charge is 0.0861 e. The van der Waals surface area contributed by atoms with Gasteiger partial charge in [-0.1, -0.05) is 30.3 Å². The summed E-state index contributed by atoms with van der Waals surface area (Å²) in [6.45, 7) is 0. The first kappa shape index (κ1) is 14.0. The molecule has 0 amide bonds. The van der Waals surface area contributed by atoms with Gasteiger partial charge in [0.25, 0.3) is 0 Å². The molecular formula is C18H18N2S. The number of thioether (sulfide) groups is 1. The van der Waals surface area contributed by atoms with Crippen molar-refractivity contribution in [3.63, 3.8) is 0 Å². The monoisotopic (exact) mass is 294 g/mol. The average Bonchev–Trinajstić information content (AvgIpc) is 2.52. The molecule has 0 aromatic heterocycles. The first-order chi connectivity index (χ1) is 10.3. The second-order valence-corrected chi connectivity index (χ2v) is 6.42. The quantitative estimate of drug-likeness (QED) is 0.847. The van der Waals surface area contributed by atoms with Gasteiger partial charge in [-0.05, 0) is 48.9 Å². The molecule has 0 bridgehead atoms. The Labute approximate surface area is 130 Å². The van der Waals surface area contributed by atoms with Crippen LogP contribution in [0.4, 0.5) is 5.69 Å². The van der Waals surface area contributed by atoms with E-state index in [1.54, 1.807) is 11.8 Å². The normalized spacial score (nSPS) is 23.9. The highest BCUT2D eigenvalue weighted by Crippen LogP contribution is 2.44. The molecule has 3 heteroatoms. The van der Waals surface area contributed by atoms with E-state index in [4.69, 9.17) is 0 Å². The van der Waals surface area contributed by atoms with Gasteiger partial charge in [0, 0.05) is 16.6 Å². The zero-order valence-corrected chi connectivity index (χ0v) is 12.9. The Morgan fingerprint density at radius 3 is 2.33 bits per heavy atom. The maximum absolute atomic E-state index is 9.56. The van der Waals surface area contributed by atoms with E-state index in [1.807, 2.05) is 18.2 Å². The molecule has 1 aliphatic carbocycles. The van der Waals surface area contributed by atoms with Gasteiger partial charge in [0.05, 0.1) is 11.5 Å². The van der Waals surface area contributed by atoms with Crippen LogP contribution in [0.3, 0.4) is 0 Å². The molecule has 3 rings (SSSR count). The van der Waals surface area contributed by atoms with Crippen LogP contribution in [0.1, 0.15) is 18.4 Å². The van der Waals surface area contributed by atoms with Crippen LogP contribution in [0.2, 0.25) is 0 Å². The topological polar surface area (TPSA) is 35.8 Å². The number of nitriles is 1. The molecule has 0 saturated heterocycles. The molecule has 21 heavy (non-hydrogen) atoms. The maximum atomic E-state index is 9.56. The Kier molecular flexibility index (Phi) is 3.90. The Hall–Kier alpha value is -1.92. The summed E-state index contributed by atoms with van der Waals surface area (Å²) in [4.78, 5) is 1.27. The summed E-state index contributed by atoms with van der Waals surface area (Å²) >= 11 is 1.75. The first-order valence-electron chi connectivity index (χ1n) is 7.13. The van der Waals surface area contributed by atoms with Gasteiger partial charge >= 0.3 is 0 Å². The minimum absolute atomic E-state index is 0.307. The molecule has 0 atom stereocenters. The van der Waals surface area contributed by atoms with E-state index >= 15 is 0 Å². The van der Waals surface area contributed by atoms with Crippen LogP contribution in [0.5, 0.6) is 0 Å². The van der Waals surface area contributed by atoms with Crippen LogP contribution in [0.15, 0.2) is 59.5 Å². The molecule has 0 spiro atoms. The highest BCUT2D eigenvalue weighted by Gasteiger charge is 2.46. The number of benzene rings is 2. The van der Waals surface area contributed by atoms with Gasteiger partial charge in [0.1, 0.15) is 0 Å². The number of nitrogens with one attached hydrogen (secondary N) is 1. The molecule has 0 unspecified atom stereocenters. The lowest BCUT2D eigenvalue weighted by atomic mass is 9.62. The number of anilines is 1. The van der Waals surface area contributed by atoms with Gasteiger partial charge in [0.2, 0.25) is 0 Å². The van der Waals surface area contributed by atoms with E-state index in [9.17, 15) is 5.26 Å². The van der Waals surface area contributed by atoms with Crippen LogP contribution in [-0.2, 0) is 5.41 Å². The molecule has 0 aliphatic heterocycles. The summed E-state index contributed by atoms with van der Waals surface area (Å²) in [6.07, 6.45) is 3.82. The molecule has 2 nitrogen and oxygen atoms in total. The predicted molar refractivity (Wildman–Crippen MR) is 88.6 cm³/mol. The second kappa shape index (κ2) is 5.83. The minimum Gasteiger partial charge on any atom is -0.382 e. The fourth-order valence-electron chi connectivity index (χ4n) is 2.96. The Morgan fingerprint density at radius 1 is 1.10 bits per heavy atom. The Balaban J connectivity index is 1.65. The van der Waals surface area contributed by atoms with Crippen LogP contribution < -0.4 is 5.32 Å². The number of hydrogen-bond donors (Lipinski definition) is 1. The summed E-state index contributed by atoms with van der Waals surface area (Å²) in [5.74, 6) is 0. The molecule has 2 aromatic rings. The number of nitrogens with zero attached hydrogens (tertiary/aromatic N) is 1.